The second-order valence-electron chi connectivity index (χ2n) is 3.85. The lowest BCUT2D eigenvalue weighted by Gasteiger charge is -2.14. The summed E-state index contributed by atoms with van der Waals surface area (Å²) in [5.74, 6) is 1.66. The lowest BCUT2D eigenvalue weighted by molar-refractivity contribution is 0.0693. The molecule has 0 aromatic heterocycles. The van der Waals surface area contributed by atoms with Gasteiger partial charge in [0.05, 0.1) is 6.61 Å². The minimum atomic E-state index is -0.195. The number of rotatable bonds is 3. The first-order chi connectivity index (χ1) is 6.31. The highest BCUT2D eigenvalue weighted by atomic mass is 16.7. The van der Waals surface area contributed by atoms with Crippen molar-refractivity contribution in [1.82, 2.24) is 10.8 Å². The summed E-state index contributed by atoms with van der Waals surface area (Å²) in [4.78, 5) is 16.0. The standard InChI is InChI=1S/C9H16N2O2/c1-2-13-11-9(12)10-8-4-3-6-5-7(6)8/h6-8H,2-5H2,1H3,(H2,10,11,12). The van der Waals surface area contributed by atoms with Crippen LogP contribution in [0.5, 0.6) is 0 Å². The van der Waals surface area contributed by atoms with Crippen LogP contribution in [0, 0.1) is 11.8 Å². The molecule has 0 aliphatic heterocycles. The first-order valence-corrected chi connectivity index (χ1v) is 4.99. The summed E-state index contributed by atoms with van der Waals surface area (Å²) in [6.45, 7) is 2.34. The molecule has 74 valence electrons. The summed E-state index contributed by atoms with van der Waals surface area (Å²) < 4.78 is 0. The van der Waals surface area contributed by atoms with E-state index in [4.69, 9.17) is 4.84 Å². The fourth-order valence-electron chi connectivity index (χ4n) is 2.22. The maximum absolute atomic E-state index is 11.2. The van der Waals surface area contributed by atoms with Gasteiger partial charge in [0.25, 0.3) is 0 Å². The zero-order chi connectivity index (χ0) is 9.26. The van der Waals surface area contributed by atoms with Crippen molar-refractivity contribution in [3.05, 3.63) is 0 Å². The van der Waals surface area contributed by atoms with Crippen molar-refractivity contribution < 1.29 is 9.63 Å². The summed E-state index contributed by atoms with van der Waals surface area (Å²) in [6.07, 6.45) is 3.72. The van der Waals surface area contributed by atoms with Crippen molar-refractivity contribution in [2.45, 2.75) is 32.2 Å². The maximum Gasteiger partial charge on any atom is 0.338 e. The van der Waals surface area contributed by atoms with E-state index in [2.05, 4.69) is 10.8 Å². The summed E-state index contributed by atoms with van der Waals surface area (Å²) in [5, 5.41) is 2.93. The molecule has 3 unspecified atom stereocenters. The molecule has 2 aliphatic carbocycles. The van der Waals surface area contributed by atoms with E-state index in [0.29, 0.717) is 12.6 Å². The Labute approximate surface area is 78.0 Å². The first kappa shape index (κ1) is 8.81. The van der Waals surface area contributed by atoms with Crippen LogP contribution in [-0.2, 0) is 4.84 Å². The zero-order valence-corrected chi connectivity index (χ0v) is 7.88. The number of fused-ring (bicyclic) bond motifs is 1. The van der Waals surface area contributed by atoms with Gasteiger partial charge in [0, 0.05) is 6.04 Å². The van der Waals surface area contributed by atoms with Gasteiger partial charge < -0.3 is 5.32 Å². The third kappa shape index (κ3) is 1.94. The Kier molecular flexibility index (Phi) is 2.40. The molecule has 0 saturated heterocycles. The van der Waals surface area contributed by atoms with Crippen LogP contribution in [0.25, 0.3) is 0 Å². The fourth-order valence-corrected chi connectivity index (χ4v) is 2.22. The lowest BCUT2D eigenvalue weighted by atomic mass is 10.2. The Morgan fingerprint density at radius 1 is 1.54 bits per heavy atom. The topological polar surface area (TPSA) is 50.4 Å². The van der Waals surface area contributed by atoms with E-state index in [1.54, 1.807) is 0 Å². The summed E-state index contributed by atoms with van der Waals surface area (Å²) in [7, 11) is 0. The number of nitrogens with one attached hydrogen (secondary N) is 2. The average Bonchev–Trinajstić information content (AvgIpc) is 2.81. The van der Waals surface area contributed by atoms with Crippen molar-refractivity contribution >= 4 is 6.03 Å². The highest BCUT2D eigenvalue weighted by Crippen LogP contribution is 2.51. The highest BCUT2D eigenvalue weighted by molar-refractivity contribution is 5.73. The molecule has 2 rings (SSSR count). The van der Waals surface area contributed by atoms with Crippen LogP contribution in [-0.4, -0.2) is 18.7 Å². The molecule has 4 heteroatoms. The molecule has 0 bridgehead atoms. The number of urea groups is 1. The molecule has 0 spiro atoms. The van der Waals surface area contributed by atoms with Crippen LogP contribution in [0.15, 0.2) is 0 Å². The van der Waals surface area contributed by atoms with Gasteiger partial charge in [0.2, 0.25) is 0 Å². The van der Waals surface area contributed by atoms with Crippen molar-refractivity contribution in [2.24, 2.45) is 11.8 Å². The molecular weight excluding hydrogens is 168 g/mol. The Hall–Kier alpha value is -0.770. The molecule has 2 fully saturated rings. The van der Waals surface area contributed by atoms with Gasteiger partial charge in [-0.25, -0.2) is 10.3 Å². The Morgan fingerprint density at radius 2 is 2.38 bits per heavy atom. The molecule has 4 nitrogen and oxygen atoms in total. The van der Waals surface area contributed by atoms with E-state index in [-0.39, 0.29) is 6.03 Å². The van der Waals surface area contributed by atoms with E-state index in [1.807, 2.05) is 6.92 Å². The molecule has 0 aromatic rings. The van der Waals surface area contributed by atoms with Gasteiger partial charge in [-0.1, -0.05) is 0 Å². The number of hydroxylamine groups is 1. The van der Waals surface area contributed by atoms with E-state index < -0.39 is 0 Å². The SMILES string of the molecule is CCONC(=O)NC1CCC2CC21. The number of carbonyl (C=O) groups excluding carboxylic acids is 1. The normalized spacial score (nSPS) is 35.3. The minimum Gasteiger partial charge on any atom is -0.333 e. The molecular formula is C9H16N2O2. The van der Waals surface area contributed by atoms with Gasteiger partial charge in [0.15, 0.2) is 0 Å². The highest BCUT2D eigenvalue weighted by Gasteiger charge is 2.48. The van der Waals surface area contributed by atoms with Crippen LogP contribution in [0.3, 0.4) is 0 Å². The Bertz CT molecular complexity index is 208. The van der Waals surface area contributed by atoms with Crippen LogP contribution in [0.2, 0.25) is 0 Å². The number of hydrogen-bond acceptors (Lipinski definition) is 2. The predicted molar refractivity (Wildman–Crippen MR) is 47.9 cm³/mol. The molecule has 0 radical (unpaired) electrons. The summed E-state index contributed by atoms with van der Waals surface area (Å²) >= 11 is 0. The molecule has 2 aliphatic rings. The molecule has 0 aromatic carbocycles. The zero-order valence-electron chi connectivity index (χ0n) is 7.88. The van der Waals surface area contributed by atoms with Crippen LogP contribution in [0.4, 0.5) is 4.79 Å². The van der Waals surface area contributed by atoms with Crippen LogP contribution < -0.4 is 10.8 Å². The lowest BCUT2D eigenvalue weighted by Crippen LogP contribution is -2.42. The fraction of sp³-hybridized carbons (Fsp3) is 0.889. The molecule has 2 saturated carbocycles. The summed E-state index contributed by atoms with van der Waals surface area (Å²) in [6, 6.07) is 0.199. The van der Waals surface area contributed by atoms with Gasteiger partial charge in [-0.2, -0.15) is 0 Å². The second kappa shape index (κ2) is 3.54. The average molecular weight is 184 g/mol. The number of carbonyl (C=O) groups is 1. The van der Waals surface area contributed by atoms with Crippen molar-refractivity contribution in [2.75, 3.05) is 6.61 Å². The quantitative estimate of drug-likeness (QED) is 0.644. The van der Waals surface area contributed by atoms with Crippen molar-refractivity contribution in [3.8, 4) is 0 Å². The third-order valence-electron chi connectivity index (χ3n) is 2.97. The monoisotopic (exact) mass is 184 g/mol. The van der Waals surface area contributed by atoms with Gasteiger partial charge in [0.1, 0.15) is 0 Å². The molecule has 2 amide bonds. The maximum atomic E-state index is 11.2. The van der Waals surface area contributed by atoms with Crippen molar-refractivity contribution in [3.63, 3.8) is 0 Å². The summed E-state index contributed by atoms with van der Waals surface area (Å²) in [5.41, 5.74) is 2.35. The Morgan fingerprint density at radius 3 is 2.92 bits per heavy atom. The molecule has 13 heavy (non-hydrogen) atoms. The van der Waals surface area contributed by atoms with Gasteiger partial charge in [-0.3, -0.25) is 4.84 Å². The van der Waals surface area contributed by atoms with Gasteiger partial charge in [-0.05, 0) is 38.0 Å². The van der Waals surface area contributed by atoms with Crippen molar-refractivity contribution in [1.29, 1.82) is 0 Å². The smallest absolute Gasteiger partial charge is 0.333 e. The van der Waals surface area contributed by atoms with E-state index >= 15 is 0 Å². The van der Waals surface area contributed by atoms with E-state index in [0.717, 1.165) is 18.3 Å². The van der Waals surface area contributed by atoms with E-state index in [1.165, 1.54) is 12.8 Å². The predicted octanol–water partition coefficient (Wildman–Crippen LogP) is 1.04. The van der Waals surface area contributed by atoms with Crippen LogP contribution >= 0.6 is 0 Å². The molecule has 2 N–H and O–H groups in total. The largest absolute Gasteiger partial charge is 0.338 e. The van der Waals surface area contributed by atoms with Crippen LogP contribution in [0.1, 0.15) is 26.2 Å². The molecule has 0 heterocycles. The minimum absolute atomic E-state index is 0.195. The third-order valence-corrected chi connectivity index (χ3v) is 2.97. The van der Waals surface area contributed by atoms with Gasteiger partial charge >= 0.3 is 6.03 Å². The first-order valence-electron chi connectivity index (χ1n) is 4.99. The second-order valence-corrected chi connectivity index (χ2v) is 3.85. The Balaban J connectivity index is 1.68. The molecule has 3 atom stereocenters. The van der Waals surface area contributed by atoms with Gasteiger partial charge in [-0.15, -0.1) is 0 Å². The van der Waals surface area contributed by atoms with E-state index in [9.17, 15) is 4.79 Å². The number of amides is 2. The number of hydrogen-bond donors (Lipinski definition) is 2.